The van der Waals surface area contributed by atoms with E-state index in [1.54, 1.807) is 0 Å². The molecule has 2 aliphatic heterocycles. The molecule has 0 radical (unpaired) electrons. The molecule has 132 valence electrons. The zero-order valence-electron chi connectivity index (χ0n) is 14.6. The van der Waals surface area contributed by atoms with Crippen LogP contribution in [0, 0.1) is 0 Å². The molecule has 0 bridgehead atoms. The van der Waals surface area contributed by atoms with Gasteiger partial charge in [-0.1, -0.05) is 24.3 Å². The molecule has 0 atom stereocenters. The van der Waals surface area contributed by atoms with Crippen molar-refractivity contribution in [2.24, 2.45) is 0 Å². The molecule has 26 heavy (non-hydrogen) atoms. The van der Waals surface area contributed by atoms with E-state index < -0.39 is 0 Å². The molecule has 5 rings (SSSR count). The van der Waals surface area contributed by atoms with E-state index in [-0.39, 0.29) is 0 Å². The Hall–Kier alpha value is -2.79. The van der Waals surface area contributed by atoms with Gasteiger partial charge in [-0.25, -0.2) is 4.98 Å². The van der Waals surface area contributed by atoms with Crippen molar-refractivity contribution in [3.63, 3.8) is 0 Å². The summed E-state index contributed by atoms with van der Waals surface area (Å²) in [4.78, 5) is 9.68. The zero-order chi connectivity index (χ0) is 17.3. The topological polar surface area (TPSA) is 37.8 Å². The Morgan fingerprint density at radius 2 is 1.69 bits per heavy atom. The molecular weight excluding hydrogens is 326 g/mol. The maximum absolute atomic E-state index is 5.48. The first-order chi connectivity index (χ1) is 12.8. The maximum Gasteiger partial charge on any atom is 0.231 e. The first-order valence-corrected chi connectivity index (χ1v) is 9.07. The summed E-state index contributed by atoms with van der Waals surface area (Å²) in [5, 5.41) is 1.19. The number of aromatic nitrogens is 1. The van der Waals surface area contributed by atoms with E-state index >= 15 is 0 Å². The first-order valence-electron chi connectivity index (χ1n) is 9.07. The molecule has 2 aromatic carbocycles. The van der Waals surface area contributed by atoms with Gasteiger partial charge in [-0.3, -0.25) is 4.90 Å². The van der Waals surface area contributed by atoms with Crippen LogP contribution in [0.15, 0.2) is 54.6 Å². The number of rotatable bonds is 3. The van der Waals surface area contributed by atoms with Crippen molar-refractivity contribution >= 4 is 16.7 Å². The van der Waals surface area contributed by atoms with Gasteiger partial charge in [-0.15, -0.1) is 0 Å². The number of benzene rings is 2. The third-order valence-electron chi connectivity index (χ3n) is 5.12. The molecule has 5 heteroatoms. The van der Waals surface area contributed by atoms with Crippen LogP contribution in [-0.4, -0.2) is 42.9 Å². The number of anilines is 1. The molecule has 0 unspecified atom stereocenters. The summed E-state index contributed by atoms with van der Waals surface area (Å²) < 4.78 is 10.9. The van der Waals surface area contributed by atoms with Gasteiger partial charge in [-0.05, 0) is 35.9 Å². The summed E-state index contributed by atoms with van der Waals surface area (Å²) >= 11 is 0. The van der Waals surface area contributed by atoms with Crippen LogP contribution in [0.2, 0.25) is 0 Å². The number of pyridine rings is 1. The summed E-state index contributed by atoms with van der Waals surface area (Å²) in [6.45, 7) is 5.32. The average molecular weight is 347 g/mol. The number of hydrogen-bond acceptors (Lipinski definition) is 5. The van der Waals surface area contributed by atoms with Crippen LogP contribution in [0.4, 0.5) is 5.82 Å². The van der Waals surface area contributed by atoms with Crippen molar-refractivity contribution in [1.82, 2.24) is 9.88 Å². The summed E-state index contributed by atoms with van der Waals surface area (Å²) in [6.07, 6.45) is 0. The van der Waals surface area contributed by atoms with Crippen molar-refractivity contribution < 1.29 is 9.47 Å². The second-order valence-electron chi connectivity index (χ2n) is 6.81. The van der Waals surface area contributed by atoms with Gasteiger partial charge in [0.2, 0.25) is 6.79 Å². The van der Waals surface area contributed by atoms with E-state index in [0.29, 0.717) is 6.79 Å². The van der Waals surface area contributed by atoms with Crippen LogP contribution in [0.25, 0.3) is 10.9 Å². The van der Waals surface area contributed by atoms with Gasteiger partial charge in [0.25, 0.3) is 0 Å². The molecule has 1 saturated heterocycles. The monoisotopic (exact) mass is 347 g/mol. The van der Waals surface area contributed by atoms with Gasteiger partial charge in [0.1, 0.15) is 5.82 Å². The van der Waals surface area contributed by atoms with E-state index in [2.05, 4.69) is 52.3 Å². The van der Waals surface area contributed by atoms with E-state index in [1.807, 2.05) is 12.1 Å². The predicted octanol–water partition coefficient (Wildman–Crippen LogP) is 3.29. The SMILES string of the molecule is c1ccc2nc(N3CCN(Cc4ccc5c(c4)OCO5)CC3)ccc2c1. The van der Waals surface area contributed by atoms with Crippen molar-refractivity contribution in [3.05, 3.63) is 60.2 Å². The van der Waals surface area contributed by atoms with Gasteiger partial charge in [-0.2, -0.15) is 0 Å². The quantitative estimate of drug-likeness (QED) is 0.727. The summed E-state index contributed by atoms with van der Waals surface area (Å²) in [7, 11) is 0. The molecule has 0 amide bonds. The van der Waals surface area contributed by atoms with Gasteiger partial charge < -0.3 is 14.4 Å². The fourth-order valence-corrected chi connectivity index (χ4v) is 3.66. The van der Waals surface area contributed by atoms with Crippen molar-refractivity contribution in [1.29, 1.82) is 0 Å². The fourth-order valence-electron chi connectivity index (χ4n) is 3.66. The lowest BCUT2D eigenvalue weighted by atomic mass is 10.1. The van der Waals surface area contributed by atoms with Crippen molar-refractivity contribution in [2.45, 2.75) is 6.54 Å². The Labute approximate surface area is 152 Å². The molecule has 0 saturated carbocycles. The van der Waals surface area contributed by atoms with Crippen molar-refractivity contribution in [3.8, 4) is 11.5 Å². The number of ether oxygens (including phenoxy) is 2. The van der Waals surface area contributed by atoms with Crippen LogP contribution in [-0.2, 0) is 6.54 Å². The normalized spacial score (nSPS) is 17.0. The largest absolute Gasteiger partial charge is 0.454 e. The van der Waals surface area contributed by atoms with Gasteiger partial charge >= 0.3 is 0 Å². The Kier molecular flexibility index (Phi) is 3.87. The Balaban J connectivity index is 1.24. The summed E-state index contributed by atoms with van der Waals surface area (Å²) in [5.74, 6) is 2.79. The fraction of sp³-hybridized carbons (Fsp3) is 0.286. The molecule has 3 heterocycles. The van der Waals surface area contributed by atoms with Crippen LogP contribution in [0.5, 0.6) is 11.5 Å². The number of piperazine rings is 1. The van der Waals surface area contributed by atoms with Crippen LogP contribution >= 0.6 is 0 Å². The summed E-state index contributed by atoms with van der Waals surface area (Å²) in [5.41, 5.74) is 2.33. The summed E-state index contributed by atoms with van der Waals surface area (Å²) in [6, 6.07) is 18.8. The Morgan fingerprint density at radius 3 is 2.62 bits per heavy atom. The van der Waals surface area contributed by atoms with Crippen molar-refractivity contribution in [2.75, 3.05) is 37.9 Å². The second-order valence-corrected chi connectivity index (χ2v) is 6.81. The smallest absolute Gasteiger partial charge is 0.231 e. The molecule has 1 fully saturated rings. The average Bonchev–Trinajstić information content (AvgIpc) is 3.16. The van der Waals surface area contributed by atoms with Gasteiger partial charge in [0.15, 0.2) is 11.5 Å². The minimum absolute atomic E-state index is 0.330. The molecule has 1 aromatic heterocycles. The lowest BCUT2D eigenvalue weighted by Gasteiger charge is -2.35. The van der Waals surface area contributed by atoms with E-state index in [9.17, 15) is 0 Å². The third-order valence-corrected chi connectivity index (χ3v) is 5.12. The zero-order valence-corrected chi connectivity index (χ0v) is 14.6. The number of nitrogens with zero attached hydrogens (tertiary/aromatic N) is 3. The Bertz CT molecular complexity index is 935. The van der Waals surface area contributed by atoms with Crippen LogP contribution < -0.4 is 14.4 Å². The molecule has 0 spiro atoms. The lowest BCUT2D eigenvalue weighted by Crippen LogP contribution is -2.46. The predicted molar refractivity (Wildman–Crippen MR) is 102 cm³/mol. The second kappa shape index (κ2) is 6.50. The first kappa shape index (κ1) is 15.5. The standard InChI is InChI=1S/C21H21N3O2/c1-2-4-18-17(3-1)6-8-21(22-18)24-11-9-23(10-12-24)14-16-5-7-19-20(13-16)26-15-25-19/h1-8,13H,9-12,14-15H2. The number of para-hydroxylation sites is 1. The molecule has 0 N–H and O–H groups in total. The third kappa shape index (κ3) is 2.95. The molecule has 0 aliphatic carbocycles. The van der Waals surface area contributed by atoms with Crippen LogP contribution in [0.1, 0.15) is 5.56 Å². The van der Waals surface area contributed by atoms with E-state index in [0.717, 1.165) is 55.6 Å². The van der Waals surface area contributed by atoms with Crippen LogP contribution in [0.3, 0.4) is 0 Å². The van der Waals surface area contributed by atoms with Gasteiger partial charge in [0, 0.05) is 38.1 Å². The highest BCUT2D eigenvalue weighted by atomic mass is 16.7. The molecule has 2 aliphatic rings. The van der Waals surface area contributed by atoms with E-state index in [4.69, 9.17) is 14.5 Å². The molecular formula is C21H21N3O2. The molecule has 3 aromatic rings. The highest BCUT2D eigenvalue weighted by molar-refractivity contribution is 5.80. The minimum Gasteiger partial charge on any atom is -0.454 e. The number of fused-ring (bicyclic) bond motifs is 2. The van der Waals surface area contributed by atoms with E-state index in [1.165, 1.54) is 10.9 Å². The Morgan fingerprint density at radius 1 is 0.846 bits per heavy atom. The highest BCUT2D eigenvalue weighted by Gasteiger charge is 2.20. The number of hydrogen-bond donors (Lipinski definition) is 0. The maximum atomic E-state index is 5.48. The molecule has 5 nitrogen and oxygen atoms in total. The van der Waals surface area contributed by atoms with Gasteiger partial charge in [0.05, 0.1) is 5.52 Å². The highest BCUT2D eigenvalue weighted by Crippen LogP contribution is 2.33. The lowest BCUT2D eigenvalue weighted by molar-refractivity contribution is 0.174. The minimum atomic E-state index is 0.330.